The molecule has 0 aromatic heterocycles. The molecule has 104 valence electrons. The number of hydrogen-bond donors (Lipinski definition) is 0. The molecule has 0 radical (unpaired) electrons. The van der Waals surface area contributed by atoms with Gasteiger partial charge in [0, 0.05) is 12.0 Å². The van der Waals surface area contributed by atoms with Crippen LogP contribution in [-0.2, 0) is 10.1 Å². The van der Waals surface area contributed by atoms with E-state index in [2.05, 4.69) is 0 Å². The van der Waals surface area contributed by atoms with Crippen LogP contribution in [-0.4, -0.2) is 14.2 Å². The van der Waals surface area contributed by atoms with E-state index in [-0.39, 0.29) is 16.4 Å². The Labute approximate surface area is 118 Å². The SMILES string of the molecule is CCC(=O)c1ccc(OS(=O)(=O)c2ccccc2)cc1. The molecule has 2 rings (SSSR count). The first kappa shape index (κ1) is 14.3. The molecular formula is C15H14O4S. The van der Waals surface area contributed by atoms with Gasteiger partial charge in [0.15, 0.2) is 5.78 Å². The van der Waals surface area contributed by atoms with Crippen LogP contribution < -0.4 is 4.18 Å². The van der Waals surface area contributed by atoms with Gasteiger partial charge in [0.25, 0.3) is 0 Å². The largest absolute Gasteiger partial charge is 0.379 e. The standard InChI is InChI=1S/C15H14O4S/c1-2-15(16)12-8-10-13(11-9-12)19-20(17,18)14-6-4-3-5-7-14/h3-11H,2H2,1H3. The van der Waals surface area contributed by atoms with E-state index < -0.39 is 10.1 Å². The van der Waals surface area contributed by atoms with Gasteiger partial charge in [0.2, 0.25) is 0 Å². The van der Waals surface area contributed by atoms with Gasteiger partial charge in [0.1, 0.15) is 10.6 Å². The quantitative estimate of drug-likeness (QED) is 0.627. The maximum Gasteiger partial charge on any atom is 0.339 e. The van der Waals surface area contributed by atoms with Crippen LogP contribution in [0.4, 0.5) is 0 Å². The lowest BCUT2D eigenvalue weighted by Gasteiger charge is -2.07. The van der Waals surface area contributed by atoms with E-state index in [0.29, 0.717) is 12.0 Å². The highest BCUT2D eigenvalue weighted by atomic mass is 32.2. The second kappa shape index (κ2) is 5.88. The summed E-state index contributed by atoms with van der Waals surface area (Å²) in [5, 5.41) is 0. The Morgan fingerprint density at radius 2 is 1.60 bits per heavy atom. The highest BCUT2D eigenvalue weighted by Crippen LogP contribution is 2.19. The third kappa shape index (κ3) is 3.24. The molecule has 0 spiro atoms. The molecule has 0 saturated carbocycles. The van der Waals surface area contributed by atoms with Gasteiger partial charge in [-0.25, -0.2) is 0 Å². The fraction of sp³-hybridized carbons (Fsp3) is 0.133. The lowest BCUT2D eigenvalue weighted by molar-refractivity contribution is 0.0988. The molecule has 2 aromatic carbocycles. The third-order valence-corrected chi connectivity index (χ3v) is 4.00. The van der Waals surface area contributed by atoms with Gasteiger partial charge in [-0.05, 0) is 36.4 Å². The second-order valence-electron chi connectivity index (χ2n) is 4.15. The number of ketones is 1. The fourth-order valence-electron chi connectivity index (χ4n) is 1.66. The van der Waals surface area contributed by atoms with Crippen LogP contribution in [0, 0.1) is 0 Å². The summed E-state index contributed by atoms with van der Waals surface area (Å²) in [6.45, 7) is 1.77. The van der Waals surface area contributed by atoms with Gasteiger partial charge in [-0.3, -0.25) is 4.79 Å². The van der Waals surface area contributed by atoms with Crippen molar-refractivity contribution >= 4 is 15.9 Å². The van der Waals surface area contributed by atoms with Crippen LogP contribution in [0.25, 0.3) is 0 Å². The first-order valence-corrected chi connectivity index (χ1v) is 7.56. The van der Waals surface area contributed by atoms with E-state index in [9.17, 15) is 13.2 Å². The molecule has 5 heteroatoms. The van der Waals surface area contributed by atoms with Crippen molar-refractivity contribution in [3.8, 4) is 5.75 Å². The number of benzene rings is 2. The summed E-state index contributed by atoms with van der Waals surface area (Å²) < 4.78 is 29.0. The smallest absolute Gasteiger partial charge is 0.339 e. The molecule has 0 aliphatic rings. The number of carbonyl (C=O) groups excluding carboxylic acids is 1. The summed E-state index contributed by atoms with van der Waals surface area (Å²) in [5.41, 5.74) is 0.539. The highest BCUT2D eigenvalue weighted by molar-refractivity contribution is 7.87. The van der Waals surface area contributed by atoms with Crippen LogP contribution in [0.15, 0.2) is 59.5 Å². The Balaban J connectivity index is 2.20. The number of Topliss-reactive ketones (excluding diaryl/α,β-unsaturated/α-hetero) is 1. The van der Waals surface area contributed by atoms with Crippen molar-refractivity contribution in [2.45, 2.75) is 18.2 Å². The zero-order chi connectivity index (χ0) is 14.6. The molecule has 0 atom stereocenters. The van der Waals surface area contributed by atoms with Crippen molar-refractivity contribution in [3.63, 3.8) is 0 Å². The van der Waals surface area contributed by atoms with Gasteiger partial charge in [-0.15, -0.1) is 0 Å². The van der Waals surface area contributed by atoms with Crippen molar-refractivity contribution in [1.29, 1.82) is 0 Å². The average Bonchev–Trinajstić information content (AvgIpc) is 2.48. The third-order valence-electron chi connectivity index (χ3n) is 2.74. The van der Waals surface area contributed by atoms with Gasteiger partial charge >= 0.3 is 10.1 Å². The Morgan fingerprint density at radius 3 is 2.15 bits per heavy atom. The zero-order valence-corrected chi connectivity index (χ0v) is 11.8. The molecule has 0 saturated heterocycles. The van der Waals surface area contributed by atoms with Crippen LogP contribution in [0.2, 0.25) is 0 Å². The van der Waals surface area contributed by atoms with Gasteiger partial charge in [-0.2, -0.15) is 8.42 Å². The molecule has 2 aromatic rings. The molecule has 0 heterocycles. The number of hydrogen-bond acceptors (Lipinski definition) is 4. The van der Waals surface area contributed by atoms with Crippen molar-refractivity contribution < 1.29 is 17.4 Å². The highest BCUT2D eigenvalue weighted by Gasteiger charge is 2.16. The lowest BCUT2D eigenvalue weighted by Crippen LogP contribution is -2.09. The monoisotopic (exact) mass is 290 g/mol. The van der Waals surface area contributed by atoms with Crippen molar-refractivity contribution in [2.75, 3.05) is 0 Å². The Morgan fingerprint density at radius 1 is 1.00 bits per heavy atom. The van der Waals surface area contributed by atoms with E-state index in [0.717, 1.165) is 0 Å². The van der Waals surface area contributed by atoms with E-state index in [1.165, 1.54) is 24.3 Å². The predicted molar refractivity (Wildman–Crippen MR) is 75.3 cm³/mol. The van der Waals surface area contributed by atoms with Crippen LogP contribution in [0.5, 0.6) is 5.75 Å². The first-order chi connectivity index (χ1) is 9.53. The average molecular weight is 290 g/mol. The predicted octanol–water partition coefficient (Wildman–Crippen LogP) is 3.05. The second-order valence-corrected chi connectivity index (χ2v) is 5.70. The van der Waals surface area contributed by atoms with E-state index >= 15 is 0 Å². The summed E-state index contributed by atoms with van der Waals surface area (Å²) in [5.74, 6) is 0.184. The molecule has 0 aliphatic carbocycles. The molecule has 0 fully saturated rings. The van der Waals surface area contributed by atoms with Gasteiger partial charge < -0.3 is 4.18 Å². The Hall–Kier alpha value is -2.14. The van der Waals surface area contributed by atoms with E-state index in [1.807, 2.05) is 0 Å². The van der Waals surface area contributed by atoms with Crippen molar-refractivity contribution in [3.05, 3.63) is 60.2 Å². The molecule has 0 N–H and O–H groups in total. The number of carbonyl (C=O) groups is 1. The minimum absolute atomic E-state index is 0.00228. The maximum atomic E-state index is 12.0. The zero-order valence-electron chi connectivity index (χ0n) is 10.9. The Kier molecular flexibility index (Phi) is 4.20. The summed E-state index contributed by atoms with van der Waals surface area (Å²) in [6, 6.07) is 14.0. The summed E-state index contributed by atoms with van der Waals surface area (Å²) >= 11 is 0. The van der Waals surface area contributed by atoms with E-state index in [4.69, 9.17) is 4.18 Å². The topological polar surface area (TPSA) is 60.4 Å². The summed E-state index contributed by atoms with van der Waals surface area (Å²) in [4.78, 5) is 11.6. The van der Waals surface area contributed by atoms with Crippen LogP contribution >= 0.6 is 0 Å². The van der Waals surface area contributed by atoms with Crippen LogP contribution in [0.1, 0.15) is 23.7 Å². The summed E-state index contributed by atoms with van der Waals surface area (Å²) in [6.07, 6.45) is 0.405. The molecule has 0 aliphatic heterocycles. The minimum atomic E-state index is -3.84. The molecule has 0 bridgehead atoms. The summed E-state index contributed by atoms with van der Waals surface area (Å²) in [7, 11) is -3.84. The van der Waals surface area contributed by atoms with Crippen molar-refractivity contribution in [2.24, 2.45) is 0 Å². The minimum Gasteiger partial charge on any atom is -0.379 e. The normalized spacial score (nSPS) is 11.1. The van der Waals surface area contributed by atoms with E-state index in [1.54, 1.807) is 37.3 Å². The molecule has 0 amide bonds. The molecule has 4 nitrogen and oxygen atoms in total. The lowest BCUT2D eigenvalue weighted by atomic mass is 10.1. The molecule has 0 unspecified atom stereocenters. The van der Waals surface area contributed by atoms with Gasteiger partial charge in [-0.1, -0.05) is 25.1 Å². The molecular weight excluding hydrogens is 276 g/mol. The Bertz CT molecular complexity index is 688. The fourth-order valence-corrected chi connectivity index (χ4v) is 2.61. The van der Waals surface area contributed by atoms with Crippen molar-refractivity contribution in [1.82, 2.24) is 0 Å². The van der Waals surface area contributed by atoms with Gasteiger partial charge in [0.05, 0.1) is 0 Å². The van der Waals surface area contributed by atoms with Crippen LogP contribution in [0.3, 0.4) is 0 Å². The first-order valence-electron chi connectivity index (χ1n) is 6.16. The molecule has 20 heavy (non-hydrogen) atoms. The maximum absolute atomic E-state index is 12.0. The number of rotatable bonds is 5.